The molecule has 1 aromatic rings. The lowest BCUT2D eigenvalue weighted by Gasteiger charge is -2.28. The van der Waals surface area contributed by atoms with Crippen LogP contribution in [0.5, 0.6) is 5.75 Å². The average molecular weight is 208 g/mol. The third kappa shape index (κ3) is 2.00. The normalized spacial score (nSPS) is 11.9. The fraction of sp³-hybridized carbons (Fsp3) is 0.538. The molecule has 0 unspecified atom stereocenters. The Morgan fingerprint density at radius 1 is 1.13 bits per heavy atom. The van der Waals surface area contributed by atoms with Gasteiger partial charge in [0.1, 0.15) is 5.75 Å². The van der Waals surface area contributed by atoms with Gasteiger partial charge in [0, 0.05) is 5.41 Å². The van der Waals surface area contributed by atoms with E-state index in [0.29, 0.717) is 5.75 Å². The quantitative estimate of drug-likeness (QED) is 0.784. The van der Waals surface area contributed by atoms with E-state index in [4.69, 9.17) is 0 Å². The Morgan fingerprint density at radius 2 is 1.67 bits per heavy atom. The minimum absolute atomic E-state index is 0.110. The highest BCUT2D eigenvalue weighted by Gasteiger charge is 2.25. The number of phenolic OH excluding ortho intramolecular Hbond substituents is 1. The number of aryl methyl sites for hydroxylation is 1. The Morgan fingerprint density at radius 3 is 2.13 bits per heavy atom. The van der Waals surface area contributed by atoms with Crippen LogP contribution in [0.25, 0.3) is 0 Å². The second kappa shape index (κ2) is 3.86. The third-order valence-corrected chi connectivity index (χ3v) is 3.14. The zero-order chi connectivity index (χ0) is 11.8. The van der Waals surface area contributed by atoms with Crippen molar-refractivity contribution in [2.45, 2.75) is 40.0 Å². The van der Waals surface area contributed by atoms with Gasteiger partial charge in [-0.3, -0.25) is 0 Å². The summed E-state index contributed by atoms with van der Waals surface area (Å²) in [7, 11) is 0. The van der Waals surface area contributed by atoms with Gasteiger partial charge in [0.2, 0.25) is 0 Å². The van der Waals surface area contributed by atoms with E-state index in [2.05, 4.69) is 0 Å². The standard InChI is InChI=1S/C13H20O2/c1-8-6-11(15)9(2)10(3)12(8)13(4,5)7-14/h6,14-15H,7H2,1-5H3. The molecule has 84 valence electrons. The molecule has 15 heavy (non-hydrogen) atoms. The molecular weight excluding hydrogens is 188 g/mol. The first-order chi connectivity index (χ1) is 6.81. The van der Waals surface area contributed by atoms with Crippen molar-refractivity contribution in [1.82, 2.24) is 0 Å². The van der Waals surface area contributed by atoms with E-state index in [1.807, 2.05) is 34.6 Å². The fourth-order valence-corrected chi connectivity index (χ4v) is 2.18. The molecule has 2 heteroatoms. The summed E-state index contributed by atoms with van der Waals surface area (Å²) in [5, 5.41) is 19.1. The van der Waals surface area contributed by atoms with E-state index in [1.165, 1.54) is 0 Å². The summed E-state index contributed by atoms with van der Waals surface area (Å²) in [6, 6.07) is 1.77. The molecule has 0 aliphatic rings. The molecule has 0 radical (unpaired) electrons. The Labute approximate surface area is 91.6 Å². The summed E-state index contributed by atoms with van der Waals surface area (Å²) >= 11 is 0. The Kier molecular flexibility index (Phi) is 3.10. The number of hydrogen-bond donors (Lipinski definition) is 2. The van der Waals surface area contributed by atoms with Crippen molar-refractivity contribution < 1.29 is 10.2 Å². The lowest BCUT2D eigenvalue weighted by atomic mass is 9.79. The van der Waals surface area contributed by atoms with E-state index in [0.717, 1.165) is 22.3 Å². The highest BCUT2D eigenvalue weighted by atomic mass is 16.3. The van der Waals surface area contributed by atoms with Crippen LogP contribution >= 0.6 is 0 Å². The van der Waals surface area contributed by atoms with Gasteiger partial charge in [0.05, 0.1) is 6.61 Å². The van der Waals surface area contributed by atoms with E-state index in [1.54, 1.807) is 6.07 Å². The monoisotopic (exact) mass is 208 g/mol. The molecule has 0 amide bonds. The van der Waals surface area contributed by atoms with Crippen molar-refractivity contribution in [2.75, 3.05) is 6.61 Å². The molecule has 0 heterocycles. The predicted octanol–water partition coefficient (Wildman–Crippen LogP) is 2.59. The molecule has 0 fully saturated rings. The van der Waals surface area contributed by atoms with Crippen LogP contribution in [-0.2, 0) is 5.41 Å². The maximum atomic E-state index is 9.68. The van der Waals surface area contributed by atoms with Crippen LogP contribution in [0.4, 0.5) is 0 Å². The van der Waals surface area contributed by atoms with Gasteiger partial charge in [-0.05, 0) is 49.1 Å². The highest BCUT2D eigenvalue weighted by molar-refractivity contribution is 5.50. The van der Waals surface area contributed by atoms with Crippen molar-refractivity contribution in [3.05, 3.63) is 28.3 Å². The summed E-state index contributed by atoms with van der Waals surface area (Å²) < 4.78 is 0. The van der Waals surface area contributed by atoms with Gasteiger partial charge in [0.15, 0.2) is 0 Å². The average Bonchev–Trinajstić information content (AvgIpc) is 2.14. The molecule has 0 saturated carbocycles. The van der Waals surface area contributed by atoms with Crippen LogP contribution in [0.1, 0.15) is 36.1 Å². The predicted molar refractivity (Wildman–Crippen MR) is 62.4 cm³/mol. The SMILES string of the molecule is Cc1cc(O)c(C)c(C)c1C(C)(C)CO. The molecule has 1 rings (SSSR count). The first-order valence-corrected chi connectivity index (χ1v) is 5.22. The molecular formula is C13H20O2. The molecule has 0 saturated heterocycles. The number of hydrogen-bond acceptors (Lipinski definition) is 2. The van der Waals surface area contributed by atoms with Crippen molar-refractivity contribution in [2.24, 2.45) is 0 Å². The molecule has 1 aromatic carbocycles. The largest absolute Gasteiger partial charge is 0.508 e. The minimum atomic E-state index is -0.257. The van der Waals surface area contributed by atoms with Gasteiger partial charge in [-0.2, -0.15) is 0 Å². The second-order valence-corrected chi connectivity index (χ2v) is 4.88. The summed E-state index contributed by atoms with van der Waals surface area (Å²) in [5.41, 5.74) is 3.89. The van der Waals surface area contributed by atoms with Crippen LogP contribution < -0.4 is 0 Å². The maximum Gasteiger partial charge on any atom is 0.119 e. The summed E-state index contributed by atoms with van der Waals surface area (Å²) in [5.74, 6) is 0.336. The molecule has 2 nitrogen and oxygen atoms in total. The summed E-state index contributed by atoms with van der Waals surface area (Å²) in [4.78, 5) is 0. The number of benzene rings is 1. The number of phenols is 1. The fourth-order valence-electron chi connectivity index (χ4n) is 2.18. The van der Waals surface area contributed by atoms with Crippen molar-refractivity contribution in [1.29, 1.82) is 0 Å². The first kappa shape index (κ1) is 12.1. The van der Waals surface area contributed by atoms with Gasteiger partial charge in [-0.1, -0.05) is 13.8 Å². The van der Waals surface area contributed by atoms with Crippen LogP contribution in [0, 0.1) is 20.8 Å². The molecule has 0 aliphatic heterocycles. The molecule has 0 aliphatic carbocycles. The summed E-state index contributed by atoms with van der Waals surface area (Å²) in [6.45, 7) is 10.0. The van der Waals surface area contributed by atoms with Crippen LogP contribution in [0.3, 0.4) is 0 Å². The van der Waals surface area contributed by atoms with Crippen LogP contribution in [-0.4, -0.2) is 16.8 Å². The Hall–Kier alpha value is -1.02. The van der Waals surface area contributed by atoms with Crippen LogP contribution in [0.2, 0.25) is 0 Å². The molecule has 2 N–H and O–H groups in total. The van der Waals surface area contributed by atoms with Gasteiger partial charge in [-0.15, -0.1) is 0 Å². The van der Waals surface area contributed by atoms with E-state index in [-0.39, 0.29) is 12.0 Å². The third-order valence-electron chi connectivity index (χ3n) is 3.14. The lowest BCUT2D eigenvalue weighted by Crippen LogP contribution is -2.25. The van der Waals surface area contributed by atoms with Crippen molar-refractivity contribution in [3.63, 3.8) is 0 Å². The second-order valence-electron chi connectivity index (χ2n) is 4.88. The number of aliphatic hydroxyl groups is 1. The maximum absolute atomic E-state index is 9.68. The molecule has 0 aromatic heterocycles. The minimum Gasteiger partial charge on any atom is -0.508 e. The van der Waals surface area contributed by atoms with E-state index < -0.39 is 0 Å². The zero-order valence-corrected chi connectivity index (χ0v) is 10.2. The lowest BCUT2D eigenvalue weighted by molar-refractivity contribution is 0.217. The number of rotatable bonds is 2. The highest BCUT2D eigenvalue weighted by Crippen LogP contribution is 2.34. The first-order valence-electron chi connectivity index (χ1n) is 5.22. The van der Waals surface area contributed by atoms with E-state index in [9.17, 15) is 10.2 Å². The van der Waals surface area contributed by atoms with Gasteiger partial charge in [0.25, 0.3) is 0 Å². The Bertz CT molecular complexity index is 379. The topological polar surface area (TPSA) is 40.5 Å². The van der Waals surface area contributed by atoms with Gasteiger partial charge >= 0.3 is 0 Å². The van der Waals surface area contributed by atoms with Gasteiger partial charge in [-0.25, -0.2) is 0 Å². The zero-order valence-electron chi connectivity index (χ0n) is 10.2. The van der Waals surface area contributed by atoms with Crippen molar-refractivity contribution >= 4 is 0 Å². The number of aromatic hydroxyl groups is 1. The summed E-state index contributed by atoms with van der Waals surface area (Å²) in [6.07, 6.45) is 0. The molecule has 0 atom stereocenters. The number of aliphatic hydroxyl groups excluding tert-OH is 1. The molecule has 0 spiro atoms. The smallest absolute Gasteiger partial charge is 0.119 e. The Balaban J connectivity index is 3.49. The van der Waals surface area contributed by atoms with Crippen molar-refractivity contribution in [3.8, 4) is 5.75 Å². The van der Waals surface area contributed by atoms with Crippen LogP contribution in [0.15, 0.2) is 6.07 Å². The van der Waals surface area contributed by atoms with E-state index >= 15 is 0 Å². The van der Waals surface area contributed by atoms with Gasteiger partial charge < -0.3 is 10.2 Å². The molecule has 0 bridgehead atoms.